The molecule has 0 atom stereocenters. The molecule has 1 aromatic carbocycles. The summed E-state index contributed by atoms with van der Waals surface area (Å²) in [6, 6.07) is 5.85. The Balaban J connectivity index is 1.52. The van der Waals surface area contributed by atoms with Gasteiger partial charge in [0, 0.05) is 5.56 Å². The first kappa shape index (κ1) is 13.2. The second-order valence-corrected chi connectivity index (χ2v) is 7.48. The summed E-state index contributed by atoms with van der Waals surface area (Å²) in [6.45, 7) is 0. The van der Waals surface area contributed by atoms with Gasteiger partial charge in [0.05, 0.1) is 0 Å². The number of rotatable bonds is 3. The molecule has 0 N–H and O–H groups in total. The maximum Gasteiger partial charge on any atom is 0.185 e. The smallest absolute Gasteiger partial charge is 0.185 e. The van der Waals surface area contributed by atoms with E-state index >= 15 is 0 Å². The second kappa shape index (κ2) is 4.79. The minimum Gasteiger partial charge on any atom is -0.289 e. The molecule has 1 nitrogen and oxygen atoms in total. The third-order valence-electron chi connectivity index (χ3n) is 5.80. The Hall–Kier alpha value is -1.44. The quantitative estimate of drug-likeness (QED) is 0.576. The molecule has 0 spiro atoms. The van der Waals surface area contributed by atoms with Crippen molar-refractivity contribution >= 4 is 5.78 Å². The van der Waals surface area contributed by atoms with Gasteiger partial charge in [-0.3, -0.25) is 4.79 Å². The lowest BCUT2D eigenvalue weighted by Crippen LogP contribution is -2.45. The first-order valence-corrected chi connectivity index (χ1v) is 8.11. The van der Waals surface area contributed by atoms with E-state index in [1.807, 2.05) is 0 Å². The van der Waals surface area contributed by atoms with Crippen LogP contribution in [-0.2, 0) is 0 Å². The van der Waals surface area contributed by atoms with E-state index in [1.165, 1.54) is 50.7 Å². The Morgan fingerprint density at radius 3 is 2.05 bits per heavy atom. The molecule has 0 saturated heterocycles. The number of ketones is 1. The maximum absolute atomic E-state index is 12.9. The van der Waals surface area contributed by atoms with Crippen molar-refractivity contribution in [2.24, 2.45) is 23.2 Å². The van der Waals surface area contributed by atoms with Crippen molar-refractivity contribution in [3.63, 3.8) is 0 Å². The van der Waals surface area contributed by atoms with Crippen LogP contribution in [0.5, 0.6) is 0 Å². The lowest BCUT2D eigenvalue weighted by atomic mass is 9.49. The Kier molecular flexibility index (Phi) is 3.02. The van der Waals surface area contributed by atoms with Gasteiger partial charge in [0.2, 0.25) is 0 Å². The summed E-state index contributed by atoms with van der Waals surface area (Å²) in [5.41, 5.74) is 0.863. The van der Waals surface area contributed by atoms with Gasteiger partial charge in [-0.15, -0.1) is 0 Å². The predicted octanol–water partition coefficient (Wildman–Crippen LogP) is 4.78. The first-order valence-electron chi connectivity index (χ1n) is 8.11. The van der Waals surface area contributed by atoms with E-state index in [2.05, 4.69) is 6.08 Å². The van der Waals surface area contributed by atoms with Gasteiger partial charge < -0.3 is 0 Å². The zero-order chi connectivity index (χ0) is 14.4. The molecule has 110 valence electrons. The van der Waals surface area contributed by atoms with E-state index < -0.39 is 0 Å². The fourth-order valence-electron chi connectivity index (χ4n) is 5.34. The lowest BCUT2D eigenvalue weighted by Gasteiger charge is -2.55. The fourth-order valence-corrected chi connectivity index (χ4v) is 5.34. The van der Waals surface area contributed by atoms with Crippen LogP contribution >= 0.6 is 0 Å². The molecule has 4 bridgehead atoms. The van der Waals surface area contributed by atoms with Crippen LogP contribution in [0, 0.1) is 29.0 Å². The monoisotopic (exact) mass is 284 g/mol. The van der Waals surface area contributed by atoms with Crippen LogP contribution in [0.3, 0.4) is 0 Å². The van der Waals surface area contributed by atoms with E-state index in [1.54, 1.807) is 18.2 Å². The third-order valence-corrected chi connectivity index (χ3v) is 5.80. The van der Waals surface area contributed by atoms with Crippen molar-refractivity contribution in [3.8, 4) is 0 Å². The Morgan fingerprint density at radius 2 is 1.52 bits per heavy atom. The Labute approximate surface area is 125 Å². The van der Waals surface area contributed by atoms with Crippen LogP contribution in [0.4, 0.5) is 4.39 Å². The van der Waals surface area contributed by atoms with Crippen molar-refractivity contribution in [2.45, 2.75) is 38.5 Å². The predicted molar refractivity (Wildman–Crippen MR) is 80.5 cm³/mol. The molecule has 0 heterocycles. The summed E-state index contributed by atoms with van der Waals surface area (Å²) in [6.07, 6.45) is 12.0. The molecule has 4 saturated carbocycles. The number of benzene rings is 1. The standard InChI is InChI=1S/C19H21FO/c20-17-3-1-16(2-4-17)18(21)5-6-19-10-13-7-14(11-19)9-15(8-13)12-19/h1-6,13-15H,7-12H2. The summed E-state index contributed by atoms with van der Waals surface area (Å²) in [5, 5.41) is 0. The molecule has 5 rings (SSSR count). The molecule has 0 aromatic heterocycles. The summed E-state index contributed by atoms with van der Waals surface area (Å²) in [5.74, 6) is 2.38. The van der Waals surface area contributed by atoms with Crippen molar-refractivity contribution in [1.29, 1.82) is 0 Å². The number of carbonyl (C=O) groups excluding carboxylic acids is 1. The average Bonchev–Trinajstić information content (AvgIpc) is 2.44. The van der Waals surface area contributed by atoms with E-state index in [-0.39, 0.29) is 17.0 Å². The molecule has 4 aliphatic carbocycles. The molecule has 0 radical (unpaired) electrons. The minimum absolute atomic E-state index is 0.00532. The topological polar surface area (TPSA) is 17.1 Å². The molecule has 0 aliphatic heterocycles. The van der Waals surface area contributed by atoms with Gasteiger partial charge >= 0.3 is 0 Å². The number of hydrogen-bond acceptors (Lipinski definition) is 1. The molecule has 0 unspecified atom stereocenters. The number of halogens is 1. The van der Waals surface area contributed by atoms with Crippen LogP contribution < -0.4 is 0 Å². The lowest BCUT2D eigenvalue weighted by molar-refractivity contribution is -0.0238. The molecule has 1 aromatic rings. The van der Waals surface area contributed by atoms with Gasteiger partial charge in [-0.25, -0.2) is 4.39 Å². The van der Waals surface area contributed by atoms with Crippen LogP contribution in [0.25, 0.3) is 0 Å². The Morgan fingerprint density at radius 1 is 1.00 bits per heavy atom. The van der Waals surface area contributed by atoms with E-state index in [9.17, 15) is 9.18 Å². The normalized spacial score (nSPS) is 37.3. The zero-order valence-electron chi connectivity index (χ0n) is 12.2. The average molecular weight is 284 g/mol. The van der Waals surface area contributed by atoms with Crippen LogP contribution in [0.2, 0.25) is 0 Å². The molecular formula is C19H21FO. The first-order chi connectivity index (χ1) is 10.1. The van der Waals surface area contributed by atoms with Gasteiger partial charge in [0.25, 0.3) is 0 Å². The molecule has 2 heteroatoms. The second-order valence-electron chi connectivity index (χ2n) is 7.48. The molecule has 21 heavy (non-hydrogen) atoms. The van der Waals surface area contributed by atoms with Crippen molar-refractivity contribution < 1.29 is 9.18 Å². The zero-order valence-corrected chi connectivity index (χ0v) is 12.2. The Bertz CT molecular complexity index is 549. The number of allylic oxidation sites excluding steroid dienone is 2. The van der Waals surface area contributed by atoms with Gasteiger partial charge in [-0.05, 0) is 92.0 Å². The highest BCUT2D eigenvalue weighted by Crippen LogP contribution is 2.60. The largest absolute Gasteiger partial charge is 0.289 e. The third kappa shape index (κ3) is 2.45. The molecular weight excluding hydrogens is 263 g/mol. The summed E-state index contributed by atoms with van der Waals surface area (Å²) in [7, 11) is 0. The minimum atomic E-state index is -0.295. The van der Waals surface area contributed by atoms with E-state index in [0.717, 1.165) is 17.8 Å². The van der Waals surface area contributed by atoms with Crippen molar-refractivity contribution in [1.82, 2.24) is 0 Å². The molecule has 0 amide bonds. The van der Waals surface area contributed by atoms with Crippen molar-refractivity contribution in [2.75, 3.05) is 0 Å². The summed E-state index contributed by atoms with van der Waals surface area (Å²) >= 11 is 0. The number of hydrogen-bond donors (Lipinski definition) is 0. The van der Waals surface area contributed by atoms with Crippen LogP contribution in [0.15, 0.2) is 36.4 Å². The molecule has 4 aliphatic rings. The summed E-state index contributed by atoms with van der Waals surface area (Å²) < 4.78 is 12.9. The highest BCUT2D eigenvalue weighted by Gasteiger charge is 2.49. The fraction of sp³-hybridized carbons (Fsp3) is 0.526. The summed E-state index contributed by atoms with van der Waals surface area (Å²) in [4.78, 5) is 12.2. The highest BCUT2D eigenvalue weighted by molar-refractivity contribution is 6.04. The van der Waals surface area contributed by atoms with E-state index in [0.29, 0.717) is 5.56 Å². The van der Waals surface area contributed by atoms with Crippen LogP contribution in [-0.4, -0.2) is 5.78 Å². The van der Waals surface area contributed by atoms with Crippen molar-refractivity contribution in [3.05, 3.63) is 47.8 Å². The SMILES string of the molecule is O=C(C=CC12CC3CC(CC(C3)C1)C2)c1ccc(F)cc1. The van der Waals surface area contributed by atoms with Gasteiger partial charge in [0.15, 0.2) is 5.78 Å². The van der Waals surface area contributed by atoms with Gasteiger partial charge in [-0.1, -0.05) is 6.08 Å². The van der Waals surface area contributed by atoms with Gasteiger partial charge in [-0.2, -0.15) is 0 Å². The maximum atomic E-state index is 12.9. The van der Waals surface area contributed by atoms with Crippen LogP contribution in [0.1, 0.15) is 48.9 Å². The molecule has 4 fully saturated rings. The van der Waals surface area contributed by atoms with Gasteiger partial charge in [0.1, 0.15) is 5.82 Å². The number of carbonyl (C=O) groups is 1. The highest BCUT2D eigenvalue weighted by atomic mass is 19.1. The van der Waals surface area contributed by atoms with E-state index in [4.69, 9.17) is 0 Å².